The first kappa shape index (κ1) is 24.7. The van der Waals surface area contributed by atoms with Gasteiger partial charge in [-0.2, -0.15) is 0 Å². The van der Waals surface area contributed by atoms with Gasteiger partial charge in [-0.05, 0) is 55.9 Å². The lowest BCUT2D eigenvalue weighted by atomic mass is 9.86. The lowest BCUT2D eigenvalue weighted by molar-refractivity contribution is -0.150. The molecule has 1 N–H and O–H groups in total. The van der Waals surface area contributed by atoms with E-state index >= 15 is 0 Å². The lowest BCUT2D eigenvalue weighted by Gasteiger charge is -2.21. The van der Waals surface area contributed by atoms with E-state index in [4.69, 9.17) is 4.74 Å². The molecule has 0 spiro atoms. The van der Waals surface area contributed by atoms with Crippen LogP contribution in [-0.4, -0.2) is 32.2 Å². The van der Waals surface area contributed by atoms with Gasteiger partial charge >= 0.3 is 5.97 Å². The number of hydrogen-bond donors (Lipinski definition) is 1. The highest BCUT2D eigenvalue weighted by molar-refractivity contribution is 5.81. The summed E-state index contributed by atoms with van der Waals surface area (Å²) in [6.07, 6.45) is 5.47. The molecule has 0 aliphatic carbocycles. The zero-order valence-electron chi connectivity index (χ0n) is 20.8. The molecule has 0 saturated heterocycles. The fourth-order valence-electron chi connectivity index (χ4n) is 3.96. The van der Waals surface area contributed by atoms with Crippen molar-refractivity contribution in [1.82, 2.24) is 15.0 Å². The molecule has 3 aromatic rings. The van der Waals surface area contributed by atoms with Crippen LogP contribution in [-0.2, 0) is 14.9 Å². The number of fused-ring (bicyclic) bond motifs is 1. The van der Waals surface area contributed by atoms with Crippen LogP contribution in [0.1, 0.15) is 90.7 Å². The number of para-hydroxylation sites is 1. The topological polar surface area (TPSA) is 77.2 Å². The van der Waals surface area contributed by atoms with Gasteiger partial charge in [0.15, 0.2) is 0 Å². The van der Waals surface area contributed by atoms with E-state index in [2.05, 4.69) is 37.9 Å². The number of benzene rings is 2. The number of unbranched alkanes of at least 4 members (excludes halogenated alkanes) is 3. The van der Waals surface area contributed by atoms with E-state index in [9.17, 15) is 9.90 Å². The number of carbonyl (C=O) groups excluding carboxylic acids is 1. The van der Waals surface area contributed by atoms with E-state index < -0.39 is 5.92 Å². The van der Waals surface area contributed by atoms with Crippen molar-refractivity contribution in [2.75, 3.05) is 0 Å². The number of esters is 1. The van der Waals surface area contributed by atoms with Crippen molar-refractivity contribution in [2.24, 2.45) is 0 Å². The molecule has 1 aromatic heterocycles. The molecular weight excluding hydrogens is 414 g/mol. The van der Waals surface area contributed by atoms with Gasteiger partial charge in [0.1, 0.15) is 22.5 Å². The standard InChI is InChI=1S/C27H37N3O3/c1-7-8-9-10-12-18(2)33-26(32)19(3)20-15-16-22-23(17-20)29-30(28-22)24-14-11-13-21(25(24)31)27(4,5)6/h11,13-19,31H,7-10,12H2,1-6H3. The van der Waals surface area contributed by atoms with Gasteiger partial charge in [0, 0.05) is 5.56 Å². The number of phenols is 1. The van der Waals surface area contributed by atoms with Crippen LogP contribution in [0.3, 0.4) is 0 Å². The molecule has 2 atom stereocenters. The van der Waals surface area contributed by atoms with Crippen molar-refractivity contribution >= 4 is 17.0 Å². The Balaban J connectivity index is 1.77. The van der Waals surface area contributed by atoms with E-state index in [-0.39, 0.29) is 23.2 Å². The molecule has 2 aromatic carbocycles. The zero-order chi connectivity index (χ0) is 24.2. The molecule has 0 aliphatic rings. The number of aromatic hydroxyl groups is 1. The Bertz CT molecular complexity index is 1100. The predicted octanol–water partition coefficient (Wildman–Crippen LogP) is 6.43. The first-order valence-corrected chi connectivity index (χ1v) is 12.0. The second-order valence-electron chi connectivity index (χ2n) is 9.98. The fraction of sp³-hybridized carbons (Fsp3) is 0.519. The molecule has 0 fully saturated rings. The minimum atomic E-state index is -0.393. The maximum Gasteiger partial charge on any atom is 0.313 e. The number of phenolic OH excluding ortho intramolecular Hbond substituents is 1. The maximum absolute atomic E-state index is 12.7. The largest absolute Gasteiger partial charge is 0.505 e. The number of carbonyl (C=O) groups is 1. The molecule has 6 heteroatoms. The van der Waals surface area contributed by atoms with Crippen molar-refractivity contribution in [3.05, 3.63) is 47.5 Å². The van der Waals surface area contributed by atoms with Crippen LogP contribution >= 0.6 is 0 Å². The monoisotopic (exact) mass is 451 g/mol. The number of ether oxygens (including phenoxy) is 1. The highest BCUT2D eigenvalue weighted by Gasteiger charge is 2.23. The number of aromatic nitrogens is 3. The van der Waals surface area contributed by atoms with Crippen LogP contribution in [0, 0.1) is 0 Å². The number of hydrogen-bond acceptors (Lipinski definition) is 5. The van der Waals surface area contributed by atoms with Crippen LogP contribution in [0.4, 0.5) is 0 Å². The minimum absolute atomic E-state index is 0.0838. The molecule has 0 amide bonds. The second kappa shape index (κ2) is 10.4. The Labute approximate surface area is 197 Å². The maximum atomic E-state index is 12.7. The molecule has 33 heavy (non-hydrogen) atoms. The van der Waals surface area contributed by atoms with Gasteiger partial charge in [0.2, 0.25) is 0 Å². The molecule has 0 aliphatic heterocycles. The van der Waals surface area contributed by atoms with Crippen molar-refractivity contribution in [1.29, 1.82) is 0 Å². The van der Waals surface area contributed by atoms with Crippen LogP contribution in [0.2, 0.25) is 0 Å². The summed E-state index contributed by atoms with van der Waals surface area (Å²) in [6.45, 7) is 12.2. The van der Waals surface area contributed by atoms with Crippen LogP contribution in [0.5, 0.6) is 5.75 Å². The van der Waals surface area contributed by atoms with Gasteiger partial charge in [-0.1, -0.05) is 65.2 Å². The third-order valence-electron chi connectivity index (χ3n) is 6.08. The first-order valence-electron chi connectivity index (χ1n) is 12.0. The van der Waals surface area contributed by atoms with Gasteiger partial charge in [-0.25, -0.2) is 0 Å². The molecule has 0 bridgehead atoms. The fourth-order valence-corrected chi connectivity index (χ4v) is 3.96. The van der Waals surface area contributed by atoms with Gasteiger partial charge in [0.05, 0.1) is 12.0 Å². The molecule has 0 saturated carbocycles. The second-order valence-corrected chi connectivity index (χ2v) is 9.98. The van der Waals surface area contributed by atoms with E-state index in [0.29, 0.717) is 16.7 Å². The number of rotatable bonds is 9. The summed E-state index contributed by atoms with van der Waals surface area (Å²) in [5, 5.41) is 20.0. The van der Waals surface area contributed by atoms with Gasteiger partial charge in [0.25, 0.3) is 0 Å². The smallest absolute Gasteiger partial charge is 0.313 e. The third kappa shape index (κ3) is 5.92. The predicted molar refractivity (Wildman–Crippen MR) is 132 cm³/mol. The molecule has 1 heterocycles. The van der Waals surface area contributed by atoms with E-state index in [0.717, 1.165) is 24.0 Å². The highest BCUT2D eigenvalue weighted by Crippen LogP contribution is 2.34. The average molecular weight is 452 g/mol. The normalized spacial score (nSPS) is 13.8. The van der Waals surface area contributed by atoms with Crippen LogP contribution in [0.25, 0.3) is 16.7 Å². The van der Waals surface area contributed by atoms with Crippen LogP contribution < -0.4 is 0 Å². The quantitative estimate of drug-likeness (QED) is 0.300. The summed E-state index contributed by atoms with van der Waals surface area (Å²) in [5.74, 6) is -0.439. The van der Waals surface area contributed by atoms with E-state index in [1.165, 1.54) is 24.1 Å². The molecule has 3 rings (SSSR count). The summed E-state index contributed by atoms with van der Waals surface area (Å²) < 4.78 is 5.68. The Kier molecular flexibility index (Phi) is 7.77. The Morgan fingerprint density at radius 1 is 1.06 bits per heavy atom. The van der Waals surface area contributed by atoms with E-state index in [1.54, 1.807) is 6.07 Å². The summed E-state index contributed by atoms with van der Waals surface area (Å²) in [4.78, 5) is 14.1. The Morgan fingerprint density at radius 3 is 2.48 bits per heavy atom. The third-order valence-corrected chi connectivity index (χ3v) is 6.08. The summed E-state index contributed by atoms with van der Waals surface area (Å²) in [5.41, 5.74) is 3.37. The average Bonchev–Trinajstić information content (AvgIpc) is 3.18. The summed E-state index contributed by atoms with van der Waals surface area (Å²) in [7, 11) is 0. The van der Waals surface area contributed by atoms with Crippen LogP contribution in [0.15, 0.2) is 36.4 Å². The Morgan fingerprint density at radius 2 is 1.79 bits per heavy atom. The van der Waals surface area contributed by atoms with Crippen molar-refractivity contribution in [3.8, 4) is 11.4 Å². The molecule has 6 nitrogen and oxygen atoms in total. The number of nitrogens with zero attached hydrogens (tertiary/aromatic N) is 3. The molecule has 0 radical (unpaired) electrons. The van der Waals surface area contributed by atoms with E-state index in [1.807, 2.05) is 44.2 Å². The zero-order valence-corrected chi connectivity index (χ0v) is 20.8. The lowest BCUT2D eigenvalue weighted by Crippen LogP contribution is -2.19. The molecular formula is C27H37N3O3. The Hall–Kier alpha value is -2.89. The summed E-state index contributed by atoms with van der Waals surface area (Å²) >= 11 is 0. The van der Waals surface area contributed by atoms with Crippen molar-refractivity contribution < 1.29 is 14.6 Å². The van der Waals surface area contributed by atoms with Gasteiger partial charge < -0.3 is 9.84 Å². The van der Waals surface area contributed by atoms with Gasteiger partial charge in [-0.3, -0.25) is 4.79 Å². The summed E-state index contributed by atoms with van der Waals surface area (Å²) in [6, 6.07) is 11.2. The van der Waals surface area contributed by atoms with Gasteiger partial charge in [-0.15, -0.1) is 15.0 Å². The van der Waals surface area contributed by atoms with Crippen molar-refractivity contribution in [2.45, 2.75) is 91.1 Å². The molecule has 178 valence electrons. The van der Waals surface area contributed by atoms with Crippen molar-refractivity contribution in [3.63, 3.8) is 0 Å². The minimum Gasteiger partial charge on any atom is -0.505 e. The first-order chi connectivity index (χ1) is 15.6. The molecule has 2 unspecified atom stereocenters. The SMILES string of the molecule is CCCCCCC(C)OC(=O)C(C)c1ccc2nn(-c3cccc(C(C)(C)C)c3O)nc2c1. The highest BCUT2D eigenvalue weighted by atomic mass is 16.5.